The van der Waals surface area contributed by atoms with E-state index in [9.17, 15) is 19.7 Å². The van der Waals surface area contributed by atoms with Gasteiger partial charge in [0.05, 0.1) is 24.2 Å². The number of rotatable bonds is 15. The van der Waals surface area contributed by atoms with Crippen molar-refractivity contribution < 1.29 is 24.0 Å². The zero-order valence-corrected chi connectivity index (χ0v) is 16.4. The molecule has 0 saturated carbocycles. The van der Waals surface area contributed by atoms with Gasteiger partial charge in [0.15, 0.2) is 11.5 Å². The van der Waals surface area contributed by atoms with E-state index in [0.717, 1.165) is 6.42 Å². The van der Waals surface area contributed by atoms with E-state index in [4.69, 9.17) is 9.47 Å². The summed E-state index contributed by atoms with van der Waals surface area (Å²) in [7, 11) is 0. The lowest BCUT2D eigenvalue weighted by Gasteiger charge is -2.13. The maximum Gasteiger partial charge on any atom is 0.273 e. The first-order valence-electron chi connectivity index (χ1n) is 9.32. The number of carbonyl (C=O) groups excluding carboxylic acids is 2. The molecular weight excluding hydrogens is 378 g/mol. The molecule has 0 fully saturated rings. The number of nitro groups is 1. The van der Waals surface area contributed by atoms with Crippen LogP contribution in [0.2, 0.25) is 0 Å². The van der Waals surface area contributed by atoms with Gasteiger partial charge in [-0.3, -0.25) is 19.7 Å². The molecule has 0 bridgehead atoms. The normalized spacial score (nSPS) is 9.93. The molecule has 0 atom stereocenters. The molecule has 9 heteroatoms. The zero-order valence-electron chi connectivity index (χ0n) is 16.4. The van der Waals surface area contributed by atoms with Crippen LogP contribution in [0.25, 0.3) is 0 Å². The second kappa shape index (κ2) is 13.8. The summed E-state index contributed by atoms with van der Waals surface area (Å²) < 4.78 is 11.3. The topological polar surface area (TPSA) is 120 Å². The molecule has 158 valence electrons. The third-order valence-corrected chi connectivity index (χ3v) is 3.76. The van der Waals surface area contributed by atoms with Crippen molar-refractivity contribution in [2.75, 3.05) is 26.3 Å². The fourth-order valence-electron chi connectivity index (χ4n) is 2.23. The van der Waals surface area contributed by atoms with Crippen molar-refractivity contribution in [3.8, 4) is 11.5 Å². The maximum atomic E-state index is 11.1. The van der Waals surface area contributed by atoms with E-state index in [1.807, 2.05) is 0 Å². The fourth-order valence-corrected chi connectivity index (χ4v) is 2.23. The summed E-state index contributed by atoms with van der Waals surface area (Å²) in [6.45, 7) is 8.47. The third kappa shape index (κ3) is 9.94. The van der Waals surface area contributed by atoms with Gasteiger partial charge >= 0.3 is 0 Å². The van der Waals surface area contributed by atoms with Crippen LogP contribution in [0.15, 0.2) is 43.5 Å². The van der Waals surface area contributed by atoms with Crippen molar-refractivity contribution in [2.45, 2.75) is 25.7 Å². The Morgan fingerprint density at radius 3 is 1.93 bits per heavy atom. The Kier molecular flexibility index (Phi) is 11.2. The van der Waals surface area contributed by atoms with E-state index in [0.29, 0.717) is 57.1 Å². The first-order valence-corrected chi connectivity index (χ1v) is 9.32. The Hall–Kier alpha value is -3.36. The Balaban J connectivity index is 2.47. The molecule has 0 aliphatic carbocycles. The predicted octanol–water partition coefficient (Wildman–Crippen LogP) is 2.52. The molecule has 1 aromatic carbocycles. The van der Waals surface area contributed by atoms with Crippen LogP contribution in [0.3, 0.4) is 0 Å². The summed E-state index contributed by atoms with van der Waals surface area (Å²) in [5.41, 5.74) is -0.0854. The SMILES string of the molecule is C=CC(=O)NCCCCOc1ccc([N+](=O)[O-])cc1OCCCCNC(=O)C=C. The van der Waals surface area contributed by atoms with Gasteiger partial charge < -0.3 is 20.1 Å². The van der Waals surface area contributed by atoms with Gasteiger partial charge in [-0.15, -0.1) is 0 Å². The third-order valence-electron chi connectivity index (χ3n) is 3.76. The van der Waals surface area contributed by atoms with Crippen LogP contribution in [0.1, 0.15) is 25.7 Å². The summed E-state index contributed by atoms with van der Waals surface area (Å²) >= 11 is 0. The van der Waals surface area contributed by atoms with Gasteiger partial charge in [0, 0.05) is 19.2 Å². The molecule has 0 aromatic heterocycles. The van der Waals surface area contributed by atoms with Crippen LogP contribution in [-0.2, 0) is 9.59 Å². The smallest absolute Gasteiger partial charge is 0.273 e. The van der Waals surface area contributed by atoms with Gasteiger partial charge in [0.25, 0.3) is 5.69 Å². The van der Waals surface area contributed by atoms with Crippen molar-refractivity contribution >= 4 is 17.5 Å². The lowest BCUT2D eigenvalue weighted by atomic mass is 10.2. The lowest BCUT2D eigenvalue weighted by Crippen LogP contribution is -2.22. The van der Waals surface area contributed by atoms with E-state index < -0.39 is 4.92 Å². The summed E-state index contributed by atoms with van der Waals surface area (Å²) in [6.07, 6.45) is 5.18. The van der Waals surface area contributed by atoms with E-state index in [1.165, 1.54) is 30.4 Å². The fraction of sp³-hybridized carbons (Fsp3) is 0.400. The van der Waals surface area contributed by atoms with Gasteiger partial charge in [-0.1, -0.05) is 13.2 Å². The number of non-ortho nitro benzene ring substituents is 1. The van der Waals surface area contributed by atoms with Crippen LogP contribution in [0.5, 0.6) is 11.5 Å². The van der Waals surface area contributed by atoms with Crippen LogP contribution < -0.4 is 20.1 Å². The standard InChI is InChI=1S/C20H27N3O6/c1-3-19(24)21-11-5-7-13-28-17-10-9-16(23(26)27)15-18(17)29-14-8-6-12-22-20(25)4-2/h3-4,9-10,15H,1-2,5-8,11-14H2,(H,21,24)(H,22,25). The predicted molar refractivity (Wildman–Crippen MR) is 109 cm³/mol. The summed E-state index contributed by atoms with van der Waals surface area (Å²) in [5, 5.41) is 16.3. The Bertz CT molecular complexity index is 720. The molecule has 0 spiro atoms. The van der Waals surface area contributed by atoms with E-state index in [1.54, 1.807) is 0 Å². The number of amides is 2. The largest absolute Gasteiger partial charge is 0.490 e. The number of nitrogens with one attached hydrogen (secondary N) is 2. The van der Waals surface area contributed by atoms with Gasteiger partial charge in [-0.2, -0.15) is 0 Å². The molecule has 0 aliphatic rings. The van der Waals surface area contributed by atoms with Gasteiger partial charge in [-0.05, 0) is 43.9 Å². The highest BCUT2D eigenvalue weighted by Gasteiger charge is 2.13. The first-order chi connectivity index (χ1) is 14.0. The van der Waals surface area contributed by atoms with Gasteiger partial charge in [0.1, 0.15) is 0 Å². The molecule has 29 heavy (non-hydrogen) atoms. The number of unbranched alkanes of at least 4 members (excludes halogenated alkanes) is 2. The monoisotopic (exact) mass is 405 g/mol. The van der Waals surface area contributed by atoms with Crippen LogP contribution in [-0.4, -0.2) is 43.0 Å². The number of carbonyl (C=O) groups is 2. The zero-order chi connectivity index (χ0) is 21.5. The highest BCUT2D eigenvalue weighted by atomic mass is 16.6. The molecule has 0 radical (unpaired) electrons. The molecule has 1 aromatic rings. The van der Waals surface area contributed by atoms with E-state index >= 15 is 0 Å². The summed E-state index contributed by atoms with van der Waals surface area (Å²) in [6, 6.07) is 4.20. The molecule has 9 nitrogen and oxygen atoms in total. The molecule has 0 aliphatic heterocycles. The minimum atomic E-state index is -0.496. The quantitative estimate of drug-likeness (QED) is 0.200. The minimum absolute atomic E-state index is 0.0854. The maximum absolute atomic E-state index is 11.1. The Morgan fingerprint density at radius 1 is 0.931 bits per heavy atom. The first kappa shape index (κ1) is 23.7. The van der Waals surface area contributed by atoms with Crippen LogP contribution in [0, 0.1) is 10.1 Å². The number of benzene rings is 1. The Labute approximate surface area is 169 Å². The van der Waals surface area contributed by atoms with Crippen LogP contribution in [0.4, 0.5) is 5.69 Å². The van der Waals surface area contributed by atoms with Crippen molar-refractivity contribution in [1.29, 1.82) is 0 Å². The highest BCUT2D eigenvalue weighted by Crippen LogP contribution is 2.31. The van der Waals surface area contributed by atoms with Crippen molar-refractivity contribution in [3.63, 3.8) is 0 Å². The lowest BCUT2D eigenvalue weighted by molar-refractivity contribution is -0.385. The number of hydrogen-bond acceptors (Lipinski definition) is 6. The average Bonchev–Trinajstić information content (AvgIpc) is 2.72. The second-order valence-corrected chi connectivity index (χ2v) is 5.99. The van der Waals surface area contributed by atoms with Crippen LogP contribution >= 0.6 is 0 Å². The summed E-state index contributed by atoms with van der Waals surface area (Å²) in [4.78, 5) is 32.6. The average molecular weight is 405 g/mol. The molecule has 2 amide bonds. The second-order valence-electron chi connectivity index (χ2n) is 5.99. The highest BCUT2D eigenvalue weighted by molar-refractivity contribution is 5.87. The Morgan fingerprint density at radius 2 is 1.45 bits per heavy atom. The minimum Gasteiger partial charge on any atom is -0.490 e. The number of nitro benzene ring substituents is 1. The van der Waals surface area contributed by atoms with Crippen molar-refractivity contribution in [1.82, 2.24) is 10.6 Å². The molecule has 1 rings (SSSR count). The van der Waals surface area contributed by atoms with E-state index in [-0.39, 0.29) is 17.5 Å². The number of hydrogen-bond donors (Lipinski definition) is 2. The number of nitrogens with zero attached hydrogens (tertiary/aromatic N) is 1. The summed E-state index contributed by atoms with van der Waals surface area (Å²) in [5.74, 6) is 0.269. The molecule has 0 unspecified atom stereocenters. The van der Waals surface area contributed by atoms with Crippen molar-refractivity contribution in [2.24, 2.45) is 0 Å². The van der Waals surface area contributed by atoms with Gasteiger partial charge in [0.2, 0.25) is 11.8 Å². The molecule has 2 N–H and O–H groups in total. The molecular formula is C20H27N3O6. The van der Waals surface area contributed by atoms with Crippen molar-refractivity contribution in [3.05, 3.63) is 53.6 Å². The van der Waals surface area contributed by atoms with E-state index in [2.05, 4.69) is 23.8 Å². The molecule has 0 saturated heterocycles. The molecule has 0 heterocycles. The van der Waals surface area contributed by atoms with Gasteiger partial charge in [-0.25, -0.2) is 0 Å². The number of ether oxygens (including phenoxy) is 2.